The molecule has 0 rings (SSSR count). The second-order valence-electron chi connectivity index (χ2n) is 2.09. The van der Waals surface area contributed by atoms with Crippen molar-refractivity contribution in [3.63, 3.8) is 0 Å². The summed E-state index contributed by atoms with van der Waals surface area (Å²) in [6.45, 7) is 2.30. The molecule has 0 heterocycles. The molecular weight excluding hydrogens is 212 g/mol. The first-order valence-corrected chi connectivity index (χ1v) is 8.31. The Morgan fingerprint density at radius 2 is 1.27 bits per heavy atom. The predicted molar refractivity (Wildman–Crippen MR) is 66.3 cm³/mol. The largest absolute Gasteiger partial charge is 0.159 e. The van der Waals surface area contributed by atoms with E-state index in [2.05, 4.69) is 31.9 Å². The van der Waals surface area contributed by atoms with Gasteiger partial charge in [0.05, 0.1) is 0 Å². The van der Waals surface area contributed by atoms with Gasteiger partial charge in [-0.05, 0) is 25.0 Å². The molecule has 0 saturated carbocycles. The Labute approximate surface area is 87.4 Å². The lowest BCUT2D eigenvalue weighted by Crippen LogP contribution is -2.26. The van der Waals surface area contributed by atoms with E-state index in [0.29, 0.717) is 8.66 Å². The Morgan fingerprint density at radius 3 is 1.36 bits per heavy atom. The molecule has 0 saturated heterocycles. The van der Waals surface area contributed by atoms with Gasteiger partial charge in [0.25, 0.3) is 0 Å². The van der Waals surface area contributed by atoms with Crippen LogP contribution in [0, 0.1) is 0 Å². The van der Waals surface area contributed by atoms with Gasteiger partial charge in [-0.3, -0.25) is 0 Å². The lowest BCUT2D eigenvalue weighted by Gasteiger charge is -2.33. The number of rotatable bonds is 5. The minimum Gasteiger partial charge on any atom is -0.159 e. The molecule has 0 nitrogen and oxygen atoms in total. The zero-order valence-electron chi connectivity index (χ0n) is 7.71. The van der Waals surface area contributed by atoms with Crippen molar-refractivity contribution < 1.29 is 0 Å². The molecule has 11 heavy (non-hydrogen) atoms. The third kappa shape index (κ3) is 2.98. The lowest BCUT2D eigenvalue weighted by molar-refractivity contribution is 1.04. The van der Waals surface area contributed by atoms with Crippen molar-refractivity contribution in [2.45, 2.75) is 15.6 Å². The van der Waals surface area contributed by atoms with E-state index in [-0.39, 0.29) is 0 Å². The van der Waals surface area contributed by atoms with Crippen LogP contribution in [-0.2, 0) is 0 Å². The van der Waals surface area contributed by atoms with Crippen molar-refractivity contribution in [1.82, 2.24) is 0 Å². The van der Waals surface area contributed by atoms with Crippen molar-refractivity contribution in [3.05, 3.63) is 0 Å². The van der Waals surface area contributed by atoms with Gasteiger partial charge in [0, 0.05) is 5.25 Å². The molecule has 0 aliphatic heterocycles. The molecular formula is C7H16S4. The zero-order chi connectivity index (χ0) is 8.91. The number of thioether (sulfide) groups is 4. The average Bonchev–Trinajstić information content (AvgIpc) is 2.08. The van der Waals surface area contributed by atoms with Crippen LogP contribution in [-0.4, -0.2) is 33.7 Å². The third-order valence-electron chi connectivity index (χ3n) is 1.70. The first-order chi connectivity index (χ1) is 5.16. The third-order valence-corrected chi connectivity index (χ3v) is 8.98. The molecule has 0 fully saturated rings. The average molecular weight is 228 g/mol. The van der Waals surface area contributed by atoms with Crippen LogP contribution in [0.1, 0.15) is 6.92 Å². The maximum Gasteiger partial charge on any atom is 0.117 e. The summed E-state index contributed by atoms with van der Waals surface area (Å²) in [5.74, 6) is 0. The molecule has 0 amide bonds. The summed E-state index contributed by atoms with van der Waals surface area (Å²) in [6, 6.07) is 0. The van der Waals surface area contributed by atoms with Crippen LogP contribution in [0.5, 0.6) is 0 Å². The maximum absolute atomic E-state index is 2.30. The molecule has 0 spiro atoms. The van der Waals surface area contributed by atoms with Crippen LogP contribution < -0.4 is 0 Å². The highest BCUT2D eigenvalue weighted by atomic mass is 32.3. The first-order valence-electron chi connectivity index (χ1n) is 3.35. The van der Waals surface area contributed by atoms with E-state index in [1.807, 2.05) is 47.0 Å². The standard InChI is InChI=1S/C7H16S4/c1-6(8-2)7(9-3,10-4)11-5/h6H,1-5H3. The molecule has 0 radical (unpaired) electrons. The summed E-state index contributed by atoms with van der Waals surface area (Å²) >= 11 is 7.81. The quantitative estimate of drug-likeness (QED) is 0.660. The van der Waals surface area contributed by atoms with Crippen LogP contribution in [0.25, 0.3) is 0 Å². The summed E-state index contributed by atoms with van der Waals surface area (Å²) in [4.78, 5) is 0. The maximum atomic E-state index is 2.30. The van der Waals surface area contributed by atoms with E-state index in [1.165, 1.54) is 0 Å². The first kappa shape index (κ1) is 12.4. The Morgan fingerprint density at radius 1 is 0.909 bits per heavy atom. The van der Waals surface area contributed by atoms with Crippen LogP contribution >= 0.6 is 47.0 Å². The summed E-state index contributed by atoms with van der Waals surface area (Å²) < 4.78 is 0.347. The molecule has 1 atom stereocenters. The molecule has 1 unspecified atom stereocenters. The number of hydrogen-bond donors (Lipinski definition) is 0. The Balaban J connectivity index is 4.26. The van der Waals surface area contributed by atoms with Crippen molar-refractivity contribution >= 4 is 47.0 Å². The van der Waals surface area contributed by atoms with E-state index in [0.717, 1.165) is 0 Å². The minimum atomic E-state index is 0.347. The van der Waals surface area contributed by atoms with Crippen molar-refractivity contribution in [2.24, 2.45) is 0 Å². The van der Waals surface area contributed by atoms with Gasteiger partial charge >= 0.3 is 0 Å². The van der Waals surface area contributed by atoms with Crippen molar-refractivity contribution in [2.75, 3.05) is 25.0 Å². The second kappa shape index (κ2) is 5.95. The van der Waals surface area contributed by atoms with E-state index in [1.54, 1.807) is 0 Å². The van der Waals surface area contributed by atoms with E-state index >= 15 is 0 Å². The van der Waals surface area contributed by atoms with Gasteiger partial charge in [0.15, 0.2) is 0 Å². The molecule has 68 valence electrons. The van der Waals surface area contributed by atoms with E-state index < -0.39 is 0 Å². The molecule has 0 aliphatic rings. The highest BCUT2D eigenvalue weighted by molar-refractivity contribution is 8.34. The van der Waals surface area contributed by atoms with Gasteiger partial charge in [0.1, 0.15) is 3.41 Å². The fourth-order valence-electron chi connectivity index (χ4n) is 0.892. The fourth-order valence-corrected chi connectivity index (χ4v) is 5.91. The monoisotopic (exact) mass is 228 g/mol. The highest BCUT2D eigenvalue weighted by Crippen LogP contribution is 2.49. The molecule has 0 aromatic heterocycles. The van der Waals surface area contributed by atoms with Crippen LogP contribution in [0.2, 0.25) is 0 Å². The van der Waals surface area contributed by atoms with Crippen molar-refractivity contribution in [1.29, 1.82) is 0 Å². The van der Waals surface area contributed by atoms with E-state index in [9.17, 15) is 0 Å². The normalized spacial score (nSPS) is 15.0. The summed E-state index contributed by atoms with van der Waals surface area (Å²) in [6.07, 6.45) is 8.77. The van der Waals surface area contributed by atoms with Crippen LogP contribution in [0.15, 0.2) is 0 Å². The number of hydrogen-bond acceptors (Lipinski definition) is 4. The van der Waals surface area contributed by atoms with Gasteiger partial charge < -0.3 is 0 Å². The predicted octanol–water partition coefficient (Wildman–Crippen LogP) is 3.48. The summed E-state index contributed by atoms with van der Waals surface area (Å²) in [5.41, 5.74) is 0. The molecule has 0 N–H and O–H groups in total. The molecule has 4 heteroatoms. The molecule has 0 aliphatic carbocycles. The van der Waals surface area contributed by atoms with Gasteiger partial charge in [-0.2, -0.15) is 11.8 Å². The van der Waals surface area contributed by atoms with Crippen LogP contribution in [0.4, 0.5) is 0 Å². The molecule has 0 bridgehead atoms. The SMILES string of the molecule is CSC(C)C(SC)(SC)SC. The lowest BCUT2D eigenvalue weighted by atomic mass is 10.5. The topological polar surface area (TPSA) is 0 Å². The Hall–Kier alpha value is 1.40. The van der Waals surface area contributed by atoms with Gasteiger partial charge in [-0.15, -0.1) is 35.3 Å². The second-order valence-corrected chi connectivity index (χ2v) is 7.20. The Bertz CT molecular complexity index is 92.3. The van der Waals surface area contributed by atoms with Crippen LogP contribution in [0.3, 0.4) is 0 Å². The van der Waals surface area contributed by atoms with Crippen molar-refractivity contribution in [3.8, 4) is 0 Å². The van der Waals surface area contributed by atoms with Gasteiger partial charge in [0.2, 0.25) is 0 Å². The van der Waals surface area contributed by atoms with E-state index in [4.69, 9.17) is 0 Å². The highest BCUT2D eigenvalue weighted by Gasteiger charge is 2.33. The van der Waals surface area contributed by atoms with Gasteiger partial charge in [-0.1, -0.05) is 6.92 Å². The molecule has 0 aromatic rings. The Kier molecular flexibility index (Phi) is 6.70. The smallest absolute Gasteiger partial charge is 0.117 e. The summed E-state index contributed by atoms with van der Waals surface area (Å²) in [5, 5.41) is 0.697. The van der Waals surface area contributed by atoms with Gasteiger partial charge in [-0.25, -0.2) is 0 Å². The summed E-state index contributed by atoms with van der Waals surface area (Å²) in [7, 11) is 0. The zero-order valence-corrected chi connectivity index (χ0v) is 11.0. The minimum absolute atomic E-state index is 0.347. The molecule has 0 aromatic carbocycles. The fraction of sp³-hybridized carbons (Fsp3) is 1.00.